The number of aromatic nitrogens is 1. The number of carbonyl (C=O) groups is 1. The van der Waals surface area contributed by atoms with Crippen molar-refractivity contribution >= 4 is 5.91 Å². The minimum atomic E-state index is -2.54. The fourth-order valence-corrected chi connectivity index (χ4v) is 2.59. The smallest absolute Gasteiger partial charge is 0.273 e. The second kappa shape index (κ2) is 6.73. The van der Waals surface area contributed by atoms with Crippen LogP contribution in [0.25, 0.3) is 0 Å². The molecule has 0 aromatic carbocycles. The molecule has 0 bridgehead atoms. The first-order valence-corrected chi connectivity index (χ1v) is 7.59. The molecule has 124 valence electrons. The van der Waals surface area contributed by atoms with Gasteiger partial charge < -0.3 is 9.84 Å². The van der Waals surface area contributed by atoms with Gasteiger partial charge in [0, 0.05) is 31.2 Å². The first-order valence-electron chi connectivity index (χ1n) is 7.59. The number of hydrogen-bond donors (Lipinski definition) is 1. The SMILES string of the molecule is CC(c1cc(C(=O)N[C@@H]2CN(C(C)C)C[C@@H]2C)no1)C(F)F. The van der Waals surface area contributed by atoms with Crippen LogP contribution < -0.4 is 5.32 Å². The van der Waals surface area contributed by atoms with Crippen LogP contribution in [0.1, 0.15) is 49.9 Å². The highest BCUT2D eigenvalue weighted by atomic mass is 19.3. The average Bonchev–Trinajstić information content (AvgIpc) is 3.05. The Kier molecular flexibility index (Phi) is 5.16. The summed E-state index contributed by atoms with van der Waals surface area (Å²) < 4.78 is 30.1. The Morgan fingerprint density at radius 1 is 1.41 bits per heavy atom. The third-order valence-electron chi connectivity index (χ3n) is 4.28. The quantitative estimate of drug-likeness (QED) is 0.907. The van der Waals surface area contributed by atoms with E-state index in [0.717, 1.165) is 13.1 Å². The summed E-state index contributed by atoms with van der Waals surface area (Å²) in [7, 11) is 0. The second-order valence-corrected chi connectivity index (χ2v) is 6.34. The first-order chi connectivity index (χ1) is 10.3. The van der Waals surface area contributed by atoms with Gasteiger partial charge in [-0.05, 0) is 26.7 Å². The molecule has 1 amide bonds. The zero-order valence-electron chi connectivity index (χ0n) is 13.3. The largest absolute Gasteiger partial charge is 0.360 e. The zero-order chi connectivity index (χ0) is 16.4. The second-order valence-electron chi connectivity index (χ2n) is 6.34. The van der Waals surface area contributed by atoms with Gasteiger partial charge in [0.25, 0.3) is 5.91 Å². The summed E-state index contributed by atoms with van der Waals surface area (Å²) in [6.07, 6.45) is -2.54. The van der Waals surface area contributed by atoms with Crippen molar-refractivity contribution in [2.24, 2.45) is 5.92 Å². The summed E-state index contributed by atoms with van der Waals surface area (Å²) in [5.41, 5.74) is 0.0534. The molecular formula is C15H23F2N3O2. The number of alkyl halides is 2. The van der Waals surface area contributed by atoms with Crippen molar-refractivity contribution in [2.45, 2.75) is 52.1 Å². The van der Waals surface area contributed by atoms with Crippen LogP contribution >= 0.6 is 0 Å². The highest BCUT2D eigenvalue weighted by Crippen LogP contribution is 2.23. The molecule has 0 aliphatic carbocycles. The van der Waals surface area contributed by atoms with E-state index < -0.39 is 12.3 Å². The normalized spacial score (nSPS) is 24.2. The van der Waals surface area contributed by atoms with Crippen molar-refractivity contribution in [3.8, 4) is 0 Å². The Morgan fingerprint density at radius 3 is 2.64 bits per heavy atom. The molecule has 1 aliphatic rings. The van der Waals surface area contributed by atoms with E-state index in [1.165, 1.54) is 13.0 Å². The molecule has 0 radical (unpaired) electrons. The van der Waals surface area contributed by atoms with Crippen LogP contribution in [0.2, 0.25) is 0 Å². The molecule has 1 aliphatic heterocycles. The minimum absolute atomic E-state index is 0.0302. The predicted octanol–water partition coefficient (Wildman–Crippen LogP) is 2.50. The lowest BCUT2D eigenvalue weighted by Crippen LogP contribution is -2.40. The van der Waals surface area contributed by atoms with Gasteiger partial charge in [0.2, 0.25) is 6.43 Å². The molecule has 1 aromatic heterocycles. The Balaban J connectivity index is 1.98. The van der Waals surface area contributed by atoms with Gasteiger partial charge in [0.05, 0.1) is 5.92 Å². The van der Waals surface area contributed by atoms with Gasteiger partial charge in [-0.25, -0.2) is 8.78 Å². The number of hydrogen-bond acceptors (Lipinski definition) is 4. The van der Waals surface area contributed by atoms with Gasteiger partial charge >= 0.3 is 0 Å². The number of nitrogens with one attached hydrogen (secondary N) is 1. The maximum atomic E-state index is 12.6. The number of rotatable bonds is 5. The van der Waals surface area contributed by atoms with E-state index >= 15 is 0 Å². The number of likely N-dealkylation sites (tertiary alicyclic amines) is 1. The van der Waals surface area contributed by atoms with E-state index in [1.54, 1.807) is 0 Å². The van der Waals surface area contributed by atoms with Crippen molar-refractivity contribution in [1.29, 1.82) is 0 Å². The molecule has 0 saturated carbocycles. The van der Waals surface area contributed by atoms with Gasteiger partial charge in [-0.15, -0.1) is 0 Å². The lowest BCUT2D eigenvalue weighted by Gasteiger charge is -2.20. The van der Waals surface area contributed by atoms with Gasteiger partial charge in [-0.1, -0.05) is 12.1 Å². The minimum Gasteiger partial charge on any atom is -0.360 e. The standard InChI is InChI=1S/C15H23F2N3O2/c1-8(2)20-6-9(3)12(7-20)18-15(21)11-5-13(22-19-11)10(4)14(16)17/h5,8-10,12,14H,6-7H2,1-4H3,(H,18,21)/t9-,10?,12+/m0/s1. The number of halogens is 2. The van der Waals surface area contributed by atoms with Gasteiger partial charge in [0.15, 0.2) is 5.69 Å². The summed E-state index contributed by atoms with van der Waals surface area (Å²) >= 11 is 0. The Bertz CT molecular complexity index is 519. The van der Waals surface area contributed by atoms with Gasteiger partial charge in [-0.3, -0.25) is 9.69 Å². The zero-order valence-corrected chi connectivity index (χ0v) is 13.3. The summed E-state index contributed by atoms with van der Waals surface area (Å²) in [4.78, 5) is 14.5. The lowest BCUT2D eigenvalue weighted by atomic mass is 10.1. The van der Waals surface area contributed by atoms with E-state index in [1.807, 2.05) is 0 Å². The van der Waals surface area contributed by atoms with Crippen molar-refractivity contribution < 1.29 is 18.1 Å². The maximum absolute atomic E-state index is 12.6. The van der Waals surface area contributed by atoms with E-state index in [2.05, 4.69) is 36.1 Å². The monoisotopic (exact) mass is 315 g/mol. The van der Waals surface area contributed by atoms with Crippen LogP contribution in [0.15, 0.2) is 10.6 Å². The molecule has 1 aromatic rings. The number of carbonyl (C=O) groups excluding carboxylic acids is 1. The van der Waals surface area contributed by atoms with Crippen LogP contribution in [0.4, 0.5) is 8.78 Å². The van der Waals surface area contributed by atoms with E-state index in [0.29, 0.717) is 12.0 Å². The summed E-state index contributed by atoms with van der Waals surface area (Å²) in [5, 5.41) is 6.53. The molecule has 3 atom stereocenters. The summed E-state index contributed by atoms with van der Waals surface area (Å²) in [6, 6.07) is 1.75. The fraction of sp³-hybridized carbons (Fsp3) is 0.733. The molecule has 1 unspecified atom stereocenters. The van der Waals surface area contributed by atoms with Crippen LogP contribution in [-0.2, 0) is 0 Å². The van der Waals surface area contributed by atoms with Crippen LogP contribution in [0.3, 0.4) is 0 Å². The van der Waals surface area contributed by atoms with Crippen molar-refractivity contribution in [3.05, 3.63) is 17.5 Å². The molecule has 2 rings (SSSR count). The molecule has 0 spiro atoms. The maximum Gasteiger partial charge on any atom is 0.273 e. The van der Waals surface area contributed by atoms with Gasteiger partial charge in [-0.2, -0.15) is 0 Å². The molecule has 7 heteroatoms. The number of nitrogens with zero attached hydrogens (tertiary/aromatic N) is 2. The average molecular weight is 315 g/mol. The van der Waals surface area contributed by atoms with Crippen molar-refractivity contribution in [2.75, 3.05) is 13.1 Å². The molecule has 1 saturated heterocycles. The fourth-order valence-electron chi connectivity index (χ4n) is 2.59. The third kappa shape index (κ3) is 3.63. The summed E-state index contributed by atoms with van der Waals surface area (Å²) in [6.45, 7) is 9.36. The highest BCUT2D eigenvalue weighted by Gasteiger charge is 2.32. The lowest BCUT2D eigenvalue weighted by molar-refractivity contribution is 0.0920. The molecule has 5 nitrogen and oxygen atoms in total. The molecule has 22 heavy (non-hydrogen) atoms. The molecule has 1 fully saturated rings. The Labute approximate surface area is 129 Å². The first kappa shape index (κ1) is 16.9. The molecular weight excluding hydrogens is 292 g/mol. The van der Waals surface area contributed by atoms with E-state index in [-0.39, 0.29) is 23.4 Å². The van der Waals surface area contributed by atoms with E-state index in [4.69, 9.17) is 4.52 Å². The highest BCUT2D eigenvalue weighted by molar-refractivity contribution is 5.92. The molecule has 1 N–H and O–H groups in total. The molecule has 2 heterocycles. The third-order valence-corrected chi connectivity index (χ3v) is 4.28. The predicted molar refractivity (Wildman–Crippen MR) is 78.0 cm³/mol. The van der Waals surface area contributed by atoms with Gasteiger partial charge in [0.1, 0.15) is 5.76 Å². The number of amides is 1. The Morgan fingerprint density at radius 2 is 2.09 bits per heavy atom. The van der Waals surface area contributed by atoms with Crippen LogP contribution in [-0.4, -0.2) is 47.6 Å². The van der Waals surface area contributed by atoms with Crippen LogP contribution in [0.5, 0.6) is 0 Å². The van der Waals surface area contributed by atoms with Crippen molar-refractivity contribution in [3.63, 3.8) is 0 Å². The topological polar surface area (TPSA) is 58.4 Å². The van der Waals surface area contributed by atoms with E-state index in [9.17, 15) is 13.6 Å². The van der Waals surface area contributed by atoms with Crippen molar-refractivity contribution in [1.82, 2.24) is 15.4 Å². The Hall–Kier alpha value is -1.50. The van der Waals surface area contributed by atoms with Crippen LogP contribution in [0, 0.1) is 5.92 Å². The summed E-state index contributed by atoms with van der Waals surface area (Å²) in [5.74, 6) is -1.09.